The summed E-state index contributed by atoms with van der Waals surface area (Å²) in [6.45, 7) is 6.46. The van der Waals surface area contributed by atoms with Crippen LogP contribution in [0, 0.1) is 0 Å². The number of rotatable bonds is 41. The molecule has 0 aliphatic heterocycles. The molecule has 0 aliphatic carbocycles. The van der Waals surface area contributed by atoms with Crippen LogP contribution in [0.1, 0.15) is 252 Å². The first-order chi connectivity index (χ1) is 25.0. The molecule has 0 aromatic rings. The van der Waals surface area contributed by atoms with Gasteiger partial charge in [-0.1, -0.05) is 213 Å². The summed E-state index contributed by atoms with van der Waals surface area (Å²) < 4.78 is 5.88. The largest absolute Gasteiger partial charge is 0.462 e. The average Bonchev–Trinajstić information content (AvgIpc) is 3.12. The molecule has 6 heteroatoms. The van der Waals surface area contributed by atoms with E-state index in [1.165, 1.54) is 161 Å². The highest BCUT2D eigenvalue weighted by molar-refractivity contribution is 5.77. The van der Waals surface area contributed by atoms with Crippen LogP contribution >= 0.6 is 0 Å². The molecule has 0 fully saturated rings. The topological polar surface area (TPSA) is 95.9 Å². The van der Waals surface area contributed by atoms with Crippen LogP contribution in [0.2, 0.25) is 0 Å². The van der Waals surface area contributed by atoms with Crippen LogP contribution in [0.4, 0.5) is 0 Å². The van der Waals surface area contributed by atoms with Crippen molar-refractivity contribution in [2.24, 2.45) is 0 Å². The van der Waals surface area contributed by atoms with Gasteiger partial charge in [0.15, 0.2) is 0 Å². The lowest BCUT2D eigenvalue weighted by molar-refractivity contribution is -0.151. The van der Waals surface area contributed by atoms with Crippen LogP contribution in [-0.2, 0) is 14.3 Å². The molecule has 0 heterocycles. The number of ether oxygens (including phenoxy) is 1. The Kier molecular flexibility index (Phi) is 39.2. The second kappa shape index (κ2) is 40.1. The molecule has 0 bridgehead atoms. The third-order valence-electron chi connectivity index (χ3n) is 10.7. The van der Waals surface area contributed by atoms with Gasteiger partial charge < -0.3 is 20.3 Å². The standard InChI is InChI=1S/C45H89NO5/c1-4-7-10-13-16-19-21-23-25-28-31-34-37-43(48)42(40-47)46-44(49)39-41(36-33-30-27-18-15-12-9-6-3)51-45(50)38-35-32-29-26-24-22-20-17-14-11-8-5-2/h41-43,47-48H,4-40H2,1-3H3,(H,46,49). The van der Waals surface area contributed by atoms with Crippen molar-refractivity contribution in [3.8, 4) is 0 Å². The molecule has 3 atom stereocenters. The minimum absolute atomic E-state index is 0.0858. The number of hydrogen-bond acceptors (Lipinski definition) is 5. The second-order valence-corrected chi connectivity index (χ2v) is 15.8. The van der Waals surface area contributed by atoms with Gasteiger partial charge in [-0.15, -0.1) is 0 Å². The van der Waals surface area contributed by atoms with Crippen LogP contribution in [0.3, 0.4) is 0 Å². The number of hydrogen-bond donors (Lipinski definition) is 3. The van der Waals surface area contributed by atoms with Crippen molar-refractivity contribution in [1.82, 2.24) is 5.32 Å². The lowest BCUT2D eigenvalue weighted by Crippen LogP contribution is -2.46. The van der Waals surface area contributed by atoms with E-state index in [0.29, 0.717) is 19.3 Å². The summed E-state index contributed by atoms with van der Waals surface area (Å²) in [5, 5.41) is 23.6. The predicted octanol–water partition coefficient (Wildman–Crippen LogP) is 12.8. The zero-order chi connectivity index (χ0) is 37.5. The number of unbranched alkanes of at least 4 members (excludes halogenated alkanes) is 29. The normalized spacial score (nSPS) is 13.3. The number of aliphatic hydroxyl groups is 2. The zero-order valence-electron chi connectivity index (χ0n) is 34.5. The fourth-order valence-corrected chi connectivity index (χ4v) is 7.20. The molecule has 0 saturated carbocycles. The molecule has 0 spiro atoms. The van der Waals surface area contributed by atoms with Crippen molar-refractivity contribution in [3.63, 3.8) is 0 Å². The Morgan fingerprint density at radius 1 is 0.490 bits per heavy atom. The quantitative estimate of drug-likeness (QED) is 0.0431. The number of carbonyl (C=O) groups is 2. The molecule has 0 aromatic heterocycles. The Bertz CT molecular complexity index is 731. The van der Waals surface area contributed by atoms with Gasteiger partial charge in [-0.3, -0.25) is 9.59 Å². The Labute approximate surface area is 317 Å². The van der Waals surface area contributed by atoms with E-state index in [4.69, 9.17) is 4.74 Å². The summed E-state index contributed by atoms with van der Waals surface area (Å²) in [6.07, 6.45) is 40.2. The maximum atomic E-state index is 13.1. The minimum Gasteiger partial charge on any atom is -0.462 e. The fourth-order valence-electron chi connectivity index (χ4n) is 7.20. The van der Waals surface area contributed by atoms with E-state index < -0.39 is 18.2 Å². The molecule has 6 nitrogen and oxygen atoms in total. The average molecular weight is 724 g/mol. The van der Waals surface area contributed by atoms with Crippen molar-refractivity contribution in [2.75, 3.05) is 6.61 Å². The van der Waals surface area contributed by atoms with E-state index >= 15 is 0 Å². The molecule has 1 amide bonds. The summed E-state index contributed by atoms with van der Waals surface area (Å²) in [6, 6.07) is -0.689. The van der Waals surface area contributed by atoms with Crippen molar-refractivity contribution in [1.29, 1.82) is 0 Å². The van der Waals surface area contributed by atoms with Gasteiger partial charge in [-0.05, 0) is 25.7 Å². The minimum atomic E-state index is -0.776. The van der Waals surface area contributed by atoms with E-state index in [1.54, 1.807) is 0 Å². The Balaban J connectivity index is 4.45. The van der Waals surface area contributed by atoms with E-state index in [2.05, 4.69) is 26.1 Å². The molecule has 0 aliphatic rings. The monoisotopic (exact) mass is 724 g/mol. The zero-order valence-corrected chi connectivity index (χ0v) is 34.5. The first-order valence-electron chi connectivity index (χ1n) is 22.8. The number of nitrogens with one attached hydrogen (secondary N) is 1. The molecule has 0 aromatic carbocycles. The SMILES string of the molecule is CCCCCCCCCCCCCCC(=O)OC(CCCCCCCCCC)CC(=O)NC(CO)C(O)CCCCCCCCCCCCCC. The number of esters is 1. The molecule has 304 valence electrons. The van der Waals surface area contributed by atoms with Crippen molar-refractivity contribution < 1.29 is 24.5 Å². The second-order valence-electron chi connectivity index (χ2n) is 15.8. The van der Waals surface area contributed by atoms with Crippen molar-refractivity contribution >= 4 is 11.9 Å². The maximum absolute atomic E-state index is 13.1. The molecule has 0 rings (SSSR count). The van der Waals surface area contributed by atoms with Gasteiger partial charge in [0.2, 0.25) is 5.91 Å². The smallest absolute Gasteiger partial charge is 0.306 e. The lowest BCUT2D eigenvalue weighted by atomic mass is 10.0. The maximum Gasteiger partial charge on any atom is 0.306 e. The summed E-state index contributed by atoms with van der Waals surface area (Å²) in [7, 11) is 0. The molecule has 3 unspecified atom stereocenters. The van der Waals surface area contributed by atoms with Crippen LogP contribution in [-0.4, -0.2) is 46.9 Å². The Morgan fingerprint density at radius 3 is 1.20 bits per heavy atom. The predicted molar refractivity (Wildman–Crippen MR) is 218 cm³/mol. The van der Waals surface area contributed by atoms with Gasteiger partial charge >= 0.3 is 5.97 Å². The van der Waals surface area contributed by atoms with Crippen LogP contribution in [0.15, 0.2) is 0 Å². The molecule has 3 N–H and O–H groups in total. The van der Waals surface area contributed by atoms with Crippen LogP contribution < -0.4 is 5.32 Å². The van der Waals surface area contributed by atoms with E-state index in [0.717, 1.165) is 44.9 Å². The molecule has 0 saturated heterocycles. The van der Waals surface area contributed by atoms with E-state index in [9.17, 15) is 19.8 Å². The molecular weight excluding hydrogens is 634 g/mol. The lowest BCUT2D eigenvalue weighted by Gasteiger charge is -2.24. The summed E-state index contributed by atoms with van der Waals surface area (Å²) >= 11 is 0. The van der Waals surface area contributed by atoms with Crippen LogP contribution in [0.25, 0.3) is 0 Å². The third-order valence-corrected chi connectivity index (χ3v) is 10.7. The highest BCUT2D eigenvalue weighted by atomic mass is 16.5. The van der Waals surface area contributed by atoms with Gasteiger partial charge in [-0.2, -0.15) is 0 Å². The molecule has 0 radical (unpaired) electrons. The van der Waals surface area contributed by atoms with E-state index in [-0.39, 0.29) is 24.9 Å². The molecule has 51 heavy (non-hydrogen) atoms. The van der Waals surface area contributed by atoms with Gasteiger partial charge in [0, 0.05) is 6.42 Å². The highest BCUT2D eigenvalue weighted by Crippen LogP contribution is 2.18. The van der Waals surface area contributed by atoms with Gasteiger partial charge in [-0.25, -0.2) is 0 Å². The van der Waals surface area contributed by atoms with Gasteiger partial charge in [0.1, 0.15) is 6.10 Å². The number of aliphatic hydroxyl groups excluding tert-OH is 2. The van der Waals surface area contributed by atoms with E-state index in [1.807, 2.05) is 0 Å². The summed E-state index contributed by atoms with van der Waals surface area (Å²) in [5.41, 5.74) is 0. The van der Waals surface area contributed by atoms with Gasteiger partial charge in [0.05, 0.1) is 25.2 Å². The van der Waals surface area contributed by atoms with Gasteiger partial charge in [0.25, 0.3) is 0 Å². The van der Waals surface area contributed by atoms with Crippen molar-refractivity contribution in [3.05, 3.63) is 0 Å². The number of carbonyl (C=O) groups excluding carboxylic acids is 2. The first-order valence-corrected chi connectivity index (χ1v) is 22.8. The van der Waals surface area contributed by atoms with Crippen LogP contribution in [0.5, 0.6) is 0 Å². The molecular formula is C45H89NO5. The highest BCUT2D eigenvalue weighted by Gasteiger charge is 2.24. The Hall–Kier alpha value is -1.14. The fraction of sp³-hybridized carbons (Fsp3) is 0.956. The third kappa shape index (κ3) is 35.6. The summed E-state index contributed by atoms with van der Waals surface area (Å²) in [4.78, 5) is 25.9. The Morgan fingerprint density at radius 2 is 0.824 bits per heavy atom. The number of amides is 1. The summed E-state index contributed by atoms with van der Waals surface area (Å²) in [5.74, 6) is -0.462. The van der Waals surface area contributed by atoms with Crippen molar-refractivity contribution in [2.45, 2.75) is 270 Å². The first kappa shape index (κ1) is 49.9.